The average Bonchev–Trinajstić information content (AvgIpc) is 2.35. The molecule has 0 radical (unpaired) electrons. The first-order chi connectivity index (χ1) is 9.52. The summed E-state index contributed by atoms with van der Waals surface area (Å²) in [7, 11) is 0. The number of hydrogen-bond donors (Lipinski definition) is 1. The van der Waals surface area contributed by atoms with Crippen molar-refractivity contribution in [2.24, 2.45) is 5.92 Å². The maximum absolute atomic E-state index is 5.78. The van der Waals surface area contributed by atoms with Gasteiger partial charge in [-0.25, -0.2) is 0 Å². The highest BCUT2D eigenvalue weighted by atomic mass is 16.5. The first kappa shape index (κ1) is 15.2. The van der Waals surface area contributed by atoms with Crippen LogP contribution in [0.2, 0.25) is 0 Å². The van der Waals surface area contributed by atoms with Crippen LogP contribution in [0.3, 0.4) is 0 Å². The fourth-order valence-corrected chi connectivity index (χ4v) is 2.70. The topological polar surface area (TPSA) is 30.5 Å². The molecule has 1 fully saturated rings. The third-order valence-corrected chi connectivity index (χ3v) is 3.49. The van der Waals surface area contributed by atoms with Crippen LogP contribution in [0.5, 0.6) is 5.75 Å². The van der Waals surface area contributed by atoms with Crippen LogP contribution < -0.4 is 10.1 Å². The van der Waals surface area contributed by atoms with Crippen LogP contribution in [0, 0.1) is 5.92 Å². The van der Waals surface area contributed by atoms with Gasteiger partial charge < -0.3 is 14.8 Å². The highest BCUT2D eigenvalue weighted by Crippen LogP contribution is 2.24. The Morgan fingerprint density at radius 2 is 1.95 bits per heavy atom. The lowest BCUT2D eigenvalue weighted by Gasteiger charge is -2.33. The van der Waals surface area contributed by atoms with Gasteiger partial charge in [-0.05, 0) is 44.7 Å². The molecule has 1 aromatic carbocycles. The quantitative estimate of drug-likeness (QED) is 0.879. The summed E-state index contributed by atoms with van der Waals surface area (Å²) in [5.74, 6) is 1.49. The van der Waals surface area contributed by atoms with Gasteiger partial charge in [0.2, 0.25) is 0 Å². The van der Waals surface area contributed by atoms with E-state index in [1.54, 1.807) is 0 Å². The number of rotatable bonds is 5. The lowest BCUT2D eigenvalue weighted by molar-refractivity contribution is -0.0337. The van der Waals surface area contributed by atoms with Crippen molar-refractivity contribution in [2.75, 3.05) is 11.9 Å². The van der Waals surface area contributed by atoms with E-state index < -0.39 is 0 Å². The summed E-state index contributed by atoms with van der Waals surface area (Å²) >= 11 is 0. The minimum atomic E-state index is 0.330. The second-order valence-corrected chi connectivity index (χ2v) is 6.30. The summed E-state index contributed by atoms with van der Waals surface area (Å²) < 4.78 is 11.6. The molecule has 1 aliphatic rings. The fraction of sp³-hybridized carbons (Fsp3) is 0.647. The molecule has 1 heterocycles. The van der Waals surface area contributed by atoms with Crippen LogP contribution in [-0.4, -0.2) is 24.9 Å². The molecule has 3 nitrogen and oxygen atoms in total. The van der Waals surface area contributed by atoms with Crippen molar-refractivity contribution in [2.45, 2.75) is 58.8 Å². The van der Waals surface area contributed by atoms with Gasteiger partial charge in [0, 0.05) is 17.8 Å². The Hall–Kier alpha value is -1.22. The molecule has 0 aliphatic carbocycles. The third kappa shape index (κ3) is 4.71. The van der Waals surface area contributed by atoms with Crippen molar-refractivity contribution in [1.82, 2.24) is 0 Å². The Labute approximate surface area is 122 Å². The number of hydrogen-bond acceptors (Lipinski definition) is 3. The SMILES string of the molecule is CC(C)COc1cccc(NC2CC(C)OC(C)C2)c1. The van der Waals surface area contributed by atoms with Crippen LogP contribution in [0.25, 0.3) is 0 Å². The average molecular weight is 277 g/mol. The van der Waals surface area contributed by atoms with E-state index in [1.165, 1.54) is 0 Å². The Morgan fingerprint density at radius 1 is 1.25 bits per heavy atom. The molecule has 2 atom stereocenters. The predicted octanol–water partition coefficient (Wildman–Crippen LogP) is 4.09. The minimum Gasteiger partial charge on any atom is -0.493 e. The summed E-state index contributed by atoms with van der Waals surface area (Å²) in [6.07, 6.45) is 2.77. The highest BCUT2D eigenvalue weighted by Gasteiger charge is 2.24. The first-order valence-electron chi connectivity index (χ1n) is 7.67. The van der Waals surface area contributed by atoms with Crippen molar-refractivity contribution >= 4 is 5.69 Å². The van der Waals surface area contributed by atoms with E-state index in [4.69, 9.17) is 9.47 Å². The van der Waals surface area contributed by atoms with Crippen molar-refractivity contribution in [3.8, 4) is 5.75 Å². The maximum atomic E-state index is 5.78. The van der Waals surface area contributed by atoms with Crippen LogP contribution in [0.15, 0.2) is 24.3 Å². The van der Waals surface area contributed by atoms with Gasteiger partial charge >= 0.3 is 0 Å². The Balaban J connectivity index is 1.93. The normalized spacial score (nSPS) is 26.6. The van der Waals surface area contributed by atoms with E-state index in [2.05, 4.69) is 45.1 Å². The fourth-order valence-electron chi connectivity index (χ4n) is 2.70. The van der Waals surface area contributed by atoms with Crippen molar-refractivity contribution in [3.05, 3.63) is 24.3 Å². The Morgan fingerprint density at radius 3 is 2.60 bits per heavy atom. The summed E-state index contributed by atoms with van der Waals surface area (Å²) in [5.41, 5.74) is 1.14. The molecular formula is C17H27NO2. The van der Waals surface area contributed by atoms with Crippen LogP contribution in [0.4, 0.5) is 5.69 Å². The number of nitrogens with one attached hydrogen (secondary N) is 1. The van der Waals surface area contributed by atoms with E-state index in [0.29, 0.717) is 24.2 Å². The summed E-state index contributed by atoms with van der Waals surface area (Å²) in [6.45, 7) is 9.37. The maximum Gasteiger partial charge on any atom is 0.121 e. The summed E-state index contributed by atoms with van der Waals surface area (Å²) in [6, 6.07) is 8.74. The van der Waals surface area contributed by atoms with Crippen LogP contribution in [0.1, 0.15) is 40.5 Å². The van der Waals surface area contributed by atoms with Crippen molar-refractivity contribution in [1.29, 1.82) is 0 Å². The lowest BCUT2D eigenvalue weighted by Crippen LogP contribution is -2.36. The van der Waals surface area contributed by atoms with Gasteiger partial charge in [0.25, 0.3) is 0 Å². The third-order valence-electron chi connectivity index (χ3n) is 3.49. The zero-order chi connectivity index (χ0) is 14.5. The molecule has 1 saturated heterocycles. The van der Waals surface area contributed by atoms with Crippen molar-refractivity contribution < 1.29 is 9.47 Å². The zero-order valence-electron chi connectivity index (χ0n) is 13.1. The van der Waals surface area contributed by atoms with Gasteiger partial charge in [-0.15, -0.1) is 0 Å². The van der Waals surface area contributed by atoms with Gasteiger partial charge in [0.1, 0.15) is 5.75 Å². The molecule has 112 valence electrons. The summed E-state index contributed by atoms with van der Waals surface area (Å²) in [4.78, 5) is 0. The molecule has 3 heteroatoms. The van der Waals surface area contributed by atoms with Gasteiger partial charge in [-0.2, -0.15) is 0 Å². The zero-order valence-corrected chi connectivity index (χ0v) is 13.1. The van der Waals surface area contributed by atoms with Crippen LogP contribution in [-0.2, 0) is 4.74 Å². The van der Waals surface area contributed by atoms with Crippen LogP contribution >= 0.6 is 0 Å². The predicted molar refractivity (Wildman–Crippen MR) is 83.4 cm³/mol. The van der Waals surface area contributed by atoms with Gasteiger partial charge in [-0.3, -0.25) is 0 Å². The largest absolute Gasteiger partial charge is 0.493 e. The molecule has 2 unspecified atom stereocenters. The smallest absolute Gasteiger partial charge is 0.121 e. The number of ether oxygens (including phenoxy) is 2. The molecule has 1 N–H and O–H groups in total. The molecule has 0 spiro atoms. The first-order valence-corrected chi connectivity index (χ1v) is 7.67. The minimum absolute atomic E-state index is 0.330. The summed E-state index contributed by atoms with van der Waals surface area (Å²) in [5, 5.41) is 3.61. The van der Waals surface area contributed by atoms with E-state index in [1.807, 2.05) is 12.1 Å². The van der Waals surface area contributed by atoms with Crippen molar-refractivity contribution in [3.63, 3.8) is 0 Å². The number of anilines is 1. The second-order valence-electron chi connectivity index (χ2n) is 6.30. The molecule has 0 bridgehead atoms. The van der Waals surface area contributed by atoms with E-state index in [0.717, 1.165) is 30.9 Å². The van der Waals surface area contributed by atoms with E-state index >= 15 is 0 Å². The monoisotopic (exact) mass is 277 g/mol. The lowest BCUT2D eigenvalue weighted by atomic mass is 9.99. The molecule has 0 aromatic heterocycles. The molecule has 20 heavy (non-hydrogen) atoms. The van der Waals surface area contributed by atoms with Gasteiger partial charge in [0.05, 0.1) is 18.8 Å². The molecule has 1 aromatic rings. The van der Waals surface area contributed by atoms with Gasteiger partial charge in [-0.1, -0.05) is 19.9 Å². The molecular weight excluding hydrogens is 250 g/mol. The molecule has 1 aliphatic heterocycles. The number of benzene rings is 1. The highest BCUT2D eigenvalue weighted by molar-refractivity contribution is 5.49. The molecule has 0 amide bonds. The van der Waals surface area contributed by atoms with E-state index in [9.17, 15) is 0 Å². The standard InChI is InChI=1S/C17H27NO2/c1-12(2)11-19-17-7-5-6-15(10-17)18-16-8-13(3)20-14(4)9-16/h5-7,10,12-14,16,18H,8-9,11H2,1-4H3. The molecule has 2 rings (SSSR count). The molecule has 0 saturated carbocycles. The van der Waals surface area contributed by atoms with Gasteiger partial charge in [0.15, 0.2) is 0 Å². The second kappa shape index (κ2) is 6.98. The van der Waals surface area contributed by atoms with E-state index in [-0.39, 0.29) is 0 Å². The Bertz CT molecular complexity index is 409. The Kier molecular flexibility index (Phi) is 5.30.